The standard InChI is InChI=1S/C13H21N5.HI/c1-14-13(17-12-5-2-3-6-12)16-7-4-9-18-10-8-15-11-18;/h2-3,8,10-12H,4-7,9H2,1H3,(H2,14,16,17);1H. The number of halogens is 1. The minimum atomic E-state index is 0. The number of hydrogen-bond donors (Lipinski definition) is 2. The van der Waals surface area contributed by atoms with Crippen molar-refractivity contribution in [2.24, 2.45) is 4.99 Å². The summed E-state index contributed by atoms with van der Waals surface area (Å²) in [6, 6.07) is 0.504. The van der Waals surface area contributed by atoms with E-state index >= 15 is 0 Å². The lowest BCUT2D eigenvalue weighted by Gasteiger charge is -2.16. The molecule has 0 aromatic carbocycles. The van der Waals surface area contributed by atoms with Crippen LogP contribution in [0.5, 0.6) is 0 Å². The average molecular weight is 375 g/mol. The fourth-order valence-electron chi connectivity index (χ4n) is 2.01. The van der Waals surface area contributed by atoms with Gasteiger partial charge in [-0.1, -0.05) is 12.2 Å². The highest BCUT2D eigenvalue weighted by Gasteiger charge is 2.10. The van der Waals surface area contributed by atoms with E-state index in [1.165, 1.54) is 0 Å². The molecule has 0 aliphatic heterocycles. The fraction of sp³-hybridized carbons (Fsp3) is 0.538. The average Bonchev–Trinajstić information content (AvgIpc) is 3.06. The lowest BCUT2D eigenvalue weighted by atomic mass is 10.2. The molecule has 2 N–H and O–H groups in total. The molecular formula is C13H22IN5. The first-order chi connectivity index (χ1) is 8.88. The zero-order valence-corrected chi connectivity index (χ0v) is 13.6. The third-order valence-corrected chi connectivity index (χ3v) is 3.02. The Hall–Kier alpha value is -1.05. The topological polar surface area (TPSA) is 54.2 Å². The van der Waals surface area contributed by atoms with Crippen molar-refractivity contribution >= 4 is 29.9 Å². The number of aryl methyl sites for hydroxylation is 1. The van der Waals surface area contributed by atoms with Crippen molar-refractivity contribution in [1.82, 2.24) is 20.2 Å². The molecule has 5 nitrogen and oxygen atoms in total. The summed E-state index contributed by atoms with van der Waals surface area (Å²) in [5, 5.41) is 6.75. The zero-order chi connectivity index (χ0) is 12.6. The maximum Gasteiger partial charge on any atom is 0.191 e. The second-order valence-corrected chi connectivity index (χ2v) is 4.44. The Bertz CT molecular complexity index is 391. The van der Waals surface area contributed by atoms with Crippen LogP contribution in [0.25, 0.3) is 0 Å². The number of aromatic nitrogens is 2. The highest BCUT2D eigenvalue weighted by molar-refractivity contribution is 14.0. The van der Waals surface area contributed by atoms with E-state index in [0.29, 0.717) is 6.04 Å². The van der Waals surface area contributed by atoms with E-state index in [1.807, 2.05) is 19.6 Å². The van der Waals surface area contributed by atoms with Crippen LogP contribution in [-0.2, 0) is 6.54 Å². The van der Waals surface area contributed by atoms with Crippen LogP contribution in [0.15, 0.2) is 35.9 Å². The third kappa shape index (κ3) is 5.63. The molecule has 0 atom stereocenters. The molecule has 0 spiro atoms. The maximum atomic E-state index is 4.23. The maximum absolute atomic E-state index is 4.23. The molecule has 0 saturated heterocycles. The summed E-state index contributed by atoms with van der Waals surface area (Å²) in [6.45, 7) is 1.90. The molecule has 1 aliphatic carbocycles. The van der Waals surface area contributed by atoms with Gasteiger partial charge in [0.05, 0.1) is 6.33 Å². The normalized spacial score (nSPS) is 15.3. The van der Waals surface area contributed by atoms with Gasteiger partial charge >= 0.3 is 0 Å². The molecule has 1 aromatic heterocycles. The van der Waals surface area contributed by atoms with Gasteiger partial charge in [-0.25, -0.2) is 4.98 Å². The Morgan fingerprint density at radius 3 is 2.84 bits per heavy atom. The van der Waals surface area contributed by atoms with Crippen molar-refractivity contribution in [3.63, 3.8) is 0 Å². The van der Waals surface area contributed by atoms with Crippen LogP contribution in [0.1, 0.15) is 19.3 Å². The first-order valence-corrected chi connectivity index (χ1v) is 6.46. The summed E-state index contributed by atoms with van der Waals surface area (Å²) in [5.74, 6) is 0.898. The third-order valence-electron chi connectivity index (χ3n) is 3.02. The predicted octanol–water partition coefficient (Wildman–Crippen LogP) is 1.77. The summed E-state index contributed by atoms with van der Waals surface area (Å²) in [4.78, 5) is 8.25. The predicted molar refractivity (Wildman–Crippen MR) is 88.9 cm³/mol. The summed E-state index contributed by atoms with van der Waals surface area (Å²) < 4.78 is 2.08. The van der Waals surface area contributed by atoms with Crippen LogP contribution in [0.2, 0.25) is 0 Å². The highest BCUT2D eigenvalue weighted by Crippen LogP contribution is 2.08. The van der Waals surface area contributed by atoms with Crippen LogP contribution in [0.4, 0.5) is 0 Å². The summed E-state index contributed by atoms with van der Waals surface area (Å²) in [6.07, 6.45) is 13.3. The zero-order valence-electron chi connectivity index (χ0n) is 11.2. The second-order valence-electron chi connectivity index (χ2n) is 4.44. The quantitative estimate of drug-likeness (QED) is 0.271. The molecule has 1 aromatic rings. The molecule has 0 radical (unpaired) electrons. The van der Waals surface area contributed by atoms with Gasteiger partial charge in [-0.3, -0.25) is 4.99 Å². The van der Waals surface area contributed by atoms with Gasteiger partial charge in [0.2, 0.25) is 0 Å². The van der Waals surface area contributed by atoms with Crippen molar-refractivity contribution in [3.8, 4) is 0 Å². The van der Waals surface area contributed by atoms with E-state index in [1.54, 1.807) is 6.20 Å². The number of aliphatic imine (C=N–C) groups is 1. The Balaban J connectivity index is 0.00000180. The van der Waals surface area contributed by atoms with E-state index in [0.717, 1.165) is 38.3 Å². The number of guanidine groups is 1. The van der Waals surface area contributed by atoms with E-state index < -0.39 is 0 Å². The number of rotatable bonds is 5. The van der Waals surface area contributed by atoms with Gasteiger partial charge < -0.3 is 15.2 Å². The molecule has 0 bridgehead atoms. The SMILES string of the molecule is CN=C(NCCCn1ccnc1)NC1CC=CC1.I. The molecule has 0 fully saturated rings. The van der Waals surface area contributed by atoms with Crippen LogP contribution >= 0.6 is 24.0 Å². The van der Waals surface area contributed by atoms with Crippen LogP contribution in [0, 0.1) is 0 Å². The van der Waals surface area contributed by atoms with Crippen molar-refractivity contribution in [3.05, 3.63) is 30.9 Å². The second kappa shape index (κ2) is 8.95. The van der Waals surface area contributed by atoms with Gasteiger partial charge in [-0.2, -0.15) is 0 Å². The summed E-state index contributed by atoms with van der Waals surface area (Å²) in [5.41, 5.74) is 0. The van der Waals surface area contributed by atoms with Gasteiger partial charge in [0.25, 0.3) is 0 Å². The number of nitrogens with zero attached hydrogens (tertiary/aromatic N) is 3. The van der Waals surface area contributed by atoms with E-state index in [-0.39, 0.29) is 24.0 Å². The first kappa shape index (κ1) is 16.0. The molecule has 2 rings (SSSR count). The van der Waals surface area contributed by atoms with Gasteiger partial charge in [0.1, 0.15) is 0 Å². The Morgan fingerprint density at radius 1 is 1.42 bits per heavy atom. The lowest BCUT2D eigenvalue weighted by molar-refractivity contribution is 0.603. The smallest absolute Gasteiger partial charge is 0.191 e. The van der Waals surface area contributed by atoms with E-state index in [4.69, 9.17) is 0 Å². The van der Waals surface area contributed by atoms with Crippen molar-refractivity contribution in [2.45, 2.75) is 31.8 Å². The Labute approximate surface area is 131 Å². The fourth-order valence-corrected chi connectivity index (χ4v) is 2.01. The van der Waals surface area contributed by atoms with Crippen molar-refractivity contribution in [2.75, 3.05) is 13.6 Å². The minimum Gasteiger partial charge on any atom is -0.356 e. The summed E-state index contributed by atoms with van der Waals surface area (Å²) in [7, 11) is 1.81. The Morgan fingerprint density at radius 2 is 2.21 bits per heavy atom. The highest BCUT2D eigenvalue weighted by atomic mass is 127. The van der Waals surface area contributed by atoms with Gasteiger partial charge in [-0.15, -0.1) is 24.0 Å². The van der Waals surface area contributed by atoms with Crippen LogP contribution in [0.3, 0.4) is 0 Å². The van der Waals surface area contributed by atoms with Gasteiger partial charge in [0.15, 0.2) is 5.96 Å². The molecule has 1 aliphatic rings. The van der Waals surface area contributed by atoms with Crippen LogP contribution in [-0.4, -0.2) is 35.1 Å². The molecule has 0 unspecified atom stereocenters. The molecule has 0 saturated carbocycles. The molecule has 1 heterocycles. The molecule has 19 heavy (non-hydrogen) atoms. The van der Waals surface area contributed by atoms with Gasteiger partial charge in [0, 0.05) is 38.6 Å². The Kier molecular flexibility index (Phi) is 7.54. The minimum absolute atomic E-state index is 0. The summed E-state index contributed by atoms with van der Waals surface area (Å²) >= 11 is 0. The molecular weight excluding hydrogens is 353 g/mol. The number of hydrogen-bond acceptors (Lipinski definition) is 2. The van der Waals surface area contributed by atoms with E-state index in [9.17, 15) is 0 Å². The van der Waals surface area contributed by atoms with Crippen LogP contribution < -0.4 is 10.6 Å². The molecule has 0 amide bonds. The monoisotopic (exact) mass is 375 g/mol. The number of imidazole rings is 1. The number of nitrogens with one attached hydrogen (secondary N) is 2. The first-order valence-electron chi connectivity index (χ1n) is 6.46. The van der Waals surface area contributed by atoms with Crippen molar-refractivity contribution in [1.29, 1.82) is 0 Å². The van der Waals surface area contributed by atoms with E-state index in [2.05, 4.69) is 37.3 Å². The molecule has 6 heteroatoms. The largest absolute Gasteiger partial charge is 0.356 e. The van der Waals surface area contributed by atoms with Crippen molar-refractivity contribution < 1.29 is 0 Å². The lowest BCUT2D eigenvalue weighted by Crippen LogP contribution is -2.42. The van der Waals surface area contributed by atoms with Gasteiger partial charge in [-0.05, 0) is 19.3 Å². The molecule has 106 valence electrons.